The van der Waals surface area contributed by atoms with Crippen molar-refractivity contribution in [1.29, 1.82) is 0 Å². The molecule has 1 aliphatic rings. The smallest absolute Gasteiger partial charge is 0.264 e. The lowest BCUT2D eigenvalue weighted by atomic mass is 10.1. The molecule has 5 heteroatoms. The minimum Gasteiger partial charge on any atom is -0.483 e. The molecule has 1 saturated carbocycles. The molecule has 0 saturated heterocycles. The molecule has 5 nitrogen and oxygen atoms in total. The third kappa shape index (κ3) is 2.65. The summed E-state index contributed by atoms with van der Waals surface area (Å²) in [6.45, 7) is 1.70. The van der Waals surface area contributed by atoms with Gasteiger partial charge in [0.1, 0.15) is 5.75 Å². The molecule has 0 radical (unpaired) electrons. The molecule has 98 valence electrons. The van der Waals surface area contributed by atoms with E-state index in [1.54, 1.807) is 12.1 Å². The van der Waals surface area contributed by atoms with Gasteiger partial charge in [0, 0.05) is 5.92 Å². The molecule has 1 aliphatic carbocycles. The number of Topliss-reactive ketones (excluding diaryl/α,β-unsaturated/α-hetero) is 1. The van der Waals surface area contributed by atoms with Crippen molar-refractivity contribution in [3.05, 3.63) is 41.5 Å². The lowest BCUT2D eigenvalue weighted by Crippen LogP contribution is -2.01. The van der Waals surface area contributed by atoms with Crippen LogP contribution < -0.4 is 4.74 Å². The van der Waals surface area contributed by atoms with Crippen molar-refractivity contribution in [2.45, 2.75) is 32.3 Å². The topological polar surface area (TPSA) is 65.2 Å². The number of hydrogen-bond acceptors (Lipinski definition) is 5. The molecular weight excluding hydrogens is 244 g/mol. The van der Waals surface area contributed by atoms with Crippen molar-refractivity contribution < 1.29 is 14.1 Å². The number of nitrogens with zero attached hydrogens (tertiary/aromatic N) is 2. The zero-order chi connectivity index (χ0) is 13.2. The van der Waals surface area contributed by atoms with E-state index in [-0.39, 0.29) is 12.4 Å². The summed E-state index contributed by atoms with van der Waals surface area (Å²) in [5.74, 6) is 2.18. The van der Waals surface area contributed by atoms with Crippen LogP contribution in [0.3, 0.4) is 0 Å². The predicted molar refractivity (Wildman–Crippen MR) is 67.1 cm³/mol. The van der Waals surface area contributed by atoms with Crippen LogP contribution in [-0.2, 0) is 6.61 Å². The maximum Gasteiger partial charge on any atom is 0.264 e. The van der Waals surface area contributed by atoms with Crippen LogP contribution >= 0.6 is 0 Å². The first-order valence-electron chi connectivity index (χ1n) is 6.29. The van der Waals surface area contributed by atoms with E-state index in [0.29, 0.717) is 23.1 Å². The van der Waals surface area contributed by atoms with E-state index in [0.717, 1.165) is 18.7 Å². The van der Waals surface area contributed by atoms with Crippen molar-refractivity contribution in [2.24, 2.45) is 0 Å². The first-order chi connectivity index (χ1) is 9.24. The molecular formula is C14H14N2O3. The summed E-state index contributed by atoms with van der Waals surface area (Å²) < 4.78 is 10.7. The fourth-order valence-electron chi connectivity index (χ4n) is 1.86. The van der Waals surface area contributed by atoms with Crippen LogP contribution in [0.4, 0.5) is 0 Å². The Morgan fingerprint density at radius 2 is 2.21 bits per heavy atom. The van der Waals surface area contributed by atoms with Gasteiger partial charge in [0.15, 0.2) is 18.2 Å². The van der Waals surface area contributed by atoms with Gasteiger partial charge in [0.05, 0.1) is 5.56 Å². The zero-order valence-corrected chi connectivity index (χ0v) is 10.6. The van der Waals surface area contributed by atoms with Gasteiger partial charge in [-0.05, 0) is 31.9 Å². The van der Waals surface area contributed by atoms with E-state index in [1.807, 2.05) is 12.1 Å². The lowest BCUT2D eigenvalue weighted by molar-refractivity contribution is 0.101. The number of carbonyl (C=O) groups is 1. The molecule has 2 aromatic rings. The lowest BCUT2D eigenvalue weighted by Gasteiger charge is -2.06. The Bertz CT molecular complexity index is 602. The minimum absolute atomic E-state index is 0.0280. The van der Waals surface area contributed by atoms with E-state index < -0.39 is 0 Å². The van der Waals surface area contributed by atoms with Crippen molar-refractivity contribution >= 4 is 5.78 Å². The Morgan fingerprint density at radius 1 is 1.42 bits per heavy atom. The molecule has 1 fully saturated rings. The van der Waals surface area contributed by atoms with Gasteiger partial charge in [-0.25, -0.2) is 0 Å². The molecule has 1 aromatic carbocycles. The van der Waals surface area contributed by atoms with E-state index >= 15 is 0 Å². The fourth-order valence-corrected chi connectivity index (χ4v) is 1.86. The van der Waals surface area contributed by atoms with Gasteiger partial charge in [-0.1, -0.05) is 17.3 Å². The largest absolute Gasteiger partial charge is 0.483 e. The Kier molecular flexibility index (Phi) is 3.03. The second-order valence-corrected chi connectivity index (χ2v) is 4.66. The SMILES string of the molecule is CC(=O)c1ccccc1OCc1nc(C2CC2)no1. The van der Waals surface area contributed by atoms with Crippen LogP contribution in [0.25, 0.3) is 0 Å². The number of carbonyl (C=O) groups excluding carboxylic acids is 1. The van der Waals surface area contributed by atoms with Gasteiger partial charge >= 0.3 is 0 Å². The fraction of sp³-hybridized carbons (Fsp3) is 0.357. The molecule has 0 unspecified atom stereocenters. The van der Waals surface area contributed by atoms with Crippen molar-refractivity contribution in [3.63, 3.8) is 0 Å². The van der Waals surface area contributed by atoms with E-state index in [4.69, 9.17) is 9.26 Å². The van der Waals surface area contributed by atoms with E-state index in [2.05, 4.69) is 10.1 Å². The number of hydrogen-bond donors (Lipinski definition) is 0. The van der Waals surface area contributed by atoms with Crippen LogP contribution in [0.2, 0.25) is 0 Å². The van der Waals surface area contributed by atoms with Crippen molar-refractivity contribution in [1.82, 2.24) is 10.1 Å². The normalized spacial score (nSPS) is 14.4. The molecule has 1 aromatic heterocycles. The highest BCUT2D eigenvalue weighted by Crippen LogP contribution is 2.38. The Balaban J connectivity index is 1.69. The number of rotatable bonds is 5. The zero-order valence-electron chi connectivity index (χ0n) is 10.6. The third-order valence-corrected chi connectivity index (χ3v) is 3.04. The summed E-state index contributed by atoms with van der Waals surface area (Å²) in [6, 6.07) is 7.13. The van der Waals surface area contributed by atoms with Crippen molar-refractivity contribution in [2.75, 3.05) is 0 Å². The highest BCUT2D eigenvalue weighted by Gasteiger charge is 2.28. The average Bonchev–Trinajstić information content (AvgIpc) is 3.16. The predicted octanol–water partition coefficient (Wildman–Crippen LogP) is 2.73. The van der Waals surface area contributed by atoms with Gasteiger partial charge in [-0.3, -0.25) is 4.79 Å². The number of ketones is 1. The maximum absolute atomic E-state index is 11.4. The first kappa shape index (κ1) is 11.9. The van der Waals surface area contributed by atoms with Crippen LogP contribution in [-0.4, -0.2) is 15.9 Å². The quantitative estimate of drug-likeness (QED) is 0.771. The third-order valence-electron chi connectivity index (χ3n) is 3.04. The van der Waals surface area contributed by atoms with Crippen LogP contribution in [0.1, 0.15) is 47.8 Å². The van der Waals surface area contributed by atoms with E-state index in [9.17, 15) is 4.79 Å². The van der Waals surface area contributed by atoms with Crippen LogP contribution in [0, 0.1) is 0 Å². The van der Waals surface area contributed by atoms with Gasteiger partial charge in [-0.2, -0.15) is 4.98 Å². The number of ether oxygens (including phenoxy) is 1. The first-order valence-corrected chi connectivity index (χ1v) is 6.29. The Morgan fingerprint density at radius 3 is 2.95 bits per heavy atom. The molecule has 0 bridgehead atoms. The Labute approximate surface area is 110 Å². The average molecular weight is 258 g/mol. The molecule has 0 N–H and O–H groups in total. The highest BCUT2D eigenvalue weighted by molar-refractivity contribution is 5.96. The molecule has 3 rings (SSSR count). The molecule has 0 spiro atoms. The summed E-state index contributed by atoms with van der Waals surface area (Å²) in [6.07, 6.45) is 2.26. The van der Waals surface area contributed by atoms with Gasteiger partial charge in [0.25, 0.3) is 5.89 Å². The minimum atomic E-state index is -0.0280. The van der Waals surface area contributed by atoms with Gasteiger partial charge in [0.2, 0.25) is 0 Å². The Hall–Kier alpha value is -2.17. The highest BCUT2D eigenvalue weighted by atomic mass is 16.5. The van der Waals surface area contributed by atoms with Gasteiger partial charge in [-0.15, -0.1) is 0 Å². The number of para-hydroxylation sites is 1. The number of aromatic nitrogens is 2. The second-order valence-electron chi connectivity index (χ2n) is 4.66. The summed E-state index contributed by atoms with van der Waals surface area (Å²) in [7, 11) is 0. The molecule has 1 heterocycles. The summed E-state index contributed by atoms with van der Waals surface area (Å²) in [5.41, 5.74) is 0.560. The molecule has 0 amide bonds. The summed E-state index contributed by atoms with van der Waals surface area (Å²) >= 11 is 0. The van der Waals surface area contributed by atoms with Crippen molar-refractivity contribution in [3.8, 4) is 5.75 Å². The molecule has 0 aliphatic heterocycles. The molecule has 19 heavy (non-hydrogen) atoms. The second kappa shape index (κ2) is 4.84. The monoisotopic (exact) mass is 258 g/mol. The van der Waals surface area contributed by atoms with E-state index in [1.165, 1.54) is 6.92 Å². The molecule has 0 atom stereocenters. The summed E-state index contributed by atoms with van der Waals surface area (Å²) in [4.78, 5) is 15.7. The van der Waals surface area contributed by atoms with Crippen LogP contribution in [0.15, 0.2) is 28.8 Å². The summed E-state index contributed by atoms with van der Waals surface area (Å²) in [5, 5.41) is 3.91. The van der Waals surface area contributed by atoms with Gasteiger partial charge < -0.3 is 9.26 Å². The van der Waals surface area contributed by atoms with Crippen LogP contribution in [0.5, 0.6) is 5.75 Å². The number of benzene rings is 1. The standard InChI is InChI=1S/C14H14N2O3/c1-9(17)11-4-2-3-5-12(11)18-8-13-15-14(16-19-13)10-6-7-10/h2-5,10H,6-8H2,1H3. The maximum atomic E-state index is 11.4.